The van der Waals surface area contributed by atoms with E-state index in [2.05, 4.69) is 5.32 Å². The van der Waals surface area contributed by atoms with Gasteiger partial charge in [-0.1, -0.05) is 23.2 Å². The Hall–Kier alpha value is -1.38. The third-order valence-electron chi connectivity index (χ3n) is 2.72. The van der Waals surface area contributed by atoms with Crippen LogP contribution in [0.2, 0.25) is 10.0 Å². The van der Waals surface area contributed by atoms with Crippen LogP contribution in [-0.2, 0) is 6.54 Å². The fourth-order valence-corrected chi connectivity index (χ4v) is 2.18. The first-order chi connectivity index (χ1) is 9.54. The highest BCUT2D eigenvalue weighted by atomic mass is 35.5. The van der Waals surface area contributed by atoms with Gasteiger partial charge in [-0.25, -0.2) is 0 Å². The third-order valence-corrected chi connectivity index (χ3v) is 3.32. The Morgan fingerprint density at radius 2 is 1.75 bits per heavy atom. The van der Waals surface area contributed by atoms with E-state index in [4.69, 9.17) is 27.9 Å². The van der Waals surface area contributed by atoms with Gasteiger partial charge in [-0.3, -0.25) is 0 Å². The molecule has 0 aromatic heterocycles. The average Bonchev–Trinajstić information content (AvgIpc) is 2.41. The molecule has 0 heterocycles. The van der Waals surface area contributed by atoms with Crippen molar-refractivity contribution in [2.75, 3.05) is 5.32 Å². The molecule has 2 rings (SSSR count). The normalized spacial score (nSPS) is 10.7. The minimum Gasteiger partial charge on any atom is -0.491 e. The molecule has 4 heteroatoms. The van der Waals surface area contributed by atoms with Gasteiger partial charge in [0.1, 0.15) is 5.75 Å². The molecule has 0 fully saturated rings. The summed E-state index contributed by atoms with van der Waals surface area (Å²) >= 11 is 12.1. The molecule has 0 bridgehead atoms. The molecule has 0 aliphatic heterocycles. The number of benzene rings is 2. The van der Waals surface area contributed by atoms with Crippen LogP contribution in [0.5, 0.6) is 5.75 Å². The summed E-state index contributed by atoms with van der Waals surface area (Å²) in [6.45, 7) is 4.64. The van der Waals surface area contributed by atoms with E-state index in [1.54, 1.807) is 12.1 Å². The molecule has 0 atom stereocenters. The van der Waals surface area contributed by atoms with Gasteiger partial charge >= 0.3 is 0 Å². The Morgan fingerprint density at radius 1 is 1.05 bits per heavy atom. The molecule has 0 saturated carbocycles. The number of halogens is 2. The lowest BCUT2D eigenvalue weighted by Crippen LogP contribution is -2.05. The predicted octanol–water partition coefficient (Wildman–Crippen LogP) is 5.39. The maximum absolute atomic E-state index is 6.13. The van der Waals surface area contributed by atoms with Crippen molar-refractivity contribution in [3.63, 3.8) is 0 Å². The third kappa shape index (κ3) is 4.32. The summed E-state index contributed by atoms with van der Waals surface area (Å²) in [7, 11) is 0. The zero-order valence-electron chi connectivity index (χ0n) is 11.5. The molecule has 1 N–H and O–H groups in total. The SMILES string of the molecule is CC(C)Oc1ccc(NCc2cc(Cl)ccc2Cl)cc1. The van der Waals surface area contributed by atoms with Crippen molar-refractivity contribution < 1.29 is 4.74 Å². The highest BCUT2D eigenvalue weighted by Gasteiger charge is 2.02. The molecule has 2 nitrogen and oxygen atoms in total. The minimum absolute atomic E-state index is 0.180. The number of anilines is 1. The molecule has 2 aromatic rings. The number of nitrogens with one attached hydrogen (secondary N) is 1. The van der Waals surface area contributed by atoms with E-state index in [0.29, 0.717) is 16.6 Å². The van der Waals surface area contributed by atoms with Gasteiger partial charge in [-0.15, -0.1) is 0 Å². The minimum atomic E-state index is 0.180. The monoisotopic (exact) mass is 309 g/mol. The van der Waals surface area contributed by atoms with Gasteiger partial charge in [0, 0.05) is 22.3 Å². The van der Waals surface area contributed by atoms with E-state index >= 15 is 0 Å². The van der Waals surface area contributed by atoms with E-state index in [1.807, 2.05) is 44.2 Å². The molecule has 0 unspecified atom stereocenters. The standard InChI is InChI=1S/C16H17Cl2NO/c1-11(2)20-15-6-4-14(5-7-15)19-10-12-9-13(17)3-8-16(12)18/h3-9,11,19H,10H2,1-2H3. The molecule has 20 heavy (non-hydrogen) atoms. The Morgan fingerprint density at radius 3 is 2.40 bits per heavy atom. The summed E-state index contributed by atoms with van der Waals surface area (Å²) in [5, 5.41) is 4.71. The Labute approximate surface area is 129 Å². The van der Waals surface area contributed by atoms with Crippen LogP contribution in [0.15, 0.2) is 42.5 Å². The molecule has 106 valence electrons. The van der Waals surface area contributed by atoms with E-state index in [-0.39, 0.29) is 6.10 Å². The number of ether oxygens (including phenoxy) is 1. The highest BCUT2D eigenvalue weighted by molar-refractivity contribution is 6.33. The topological polar surface area (TPSA) is 21.3 Å². The summed E-state index contributed by atoms with van der Waals surface area (Å²) in [4.78, 5) is 0. The largest absolute Gasteiger partial charge is 0.491 e. The average molecular weight is 310 g/mol. The summed E-state index contributed by atoms with van der Waals surface area (Å²) in [5.41, 5.74) is 1.99. The Kier molecular flexibility index (Phi) is 5.16. The van der Waals surface area contributed by atoms with Crippen LogP contribution in [0.25, 0.3) is 0 Å². The quantitative estimate of drug-likeness (QED) is 0.799. The van der Waals surface area contributed by atoms with Gasteiger partial charge in [0.25, 0.3) is 0 Å². The van der Waals surface area contributed by atoms with Crippen molar-refractivity contribution >= 4 is 28.9 Å². The summed E-state index contributed by atoms with van der Waals surface area (Å²) < 4.78 is 5.60. The fraction of sp³-hybridized carbons (Fsp3) is 0.250. The smallest absolute Gasteiger partial charge is 0.119 e. The Bertz CT molecular complexity index is 567. The molecular formula is C16H17Cl2NO. The maximum Gasteiger partial charge on any atom is 0.119 e. The van der Waals surface area contributed by atoms with Crippen LogP contribution in [0.3, 0.4) is 0 Å². The first-order valence-corrected chi connectivity index (χ1v) is 7.24. The molecule has 2 aromatic carbocycles. The van der Waals surface area contributed by atoms with Crippen molar-refractivity contribution in [3.8, 4) is 5.75 Å². The predicted molar refractivity (Wildman–Crippen MR) is 86.0 cm³/mol. The molecule has 0 radical (unpaired) electrons. The van der Waals surface area contributed by atoms with Gasteiger partial charge in [0.05, 0.1) is 6.10 Å². The molecule has 0 amide bonds. The van der Waals surface area contributed by atoms with Gasteiger partial charge in [0.15, 0.2) is 0 Å². The number of hydrogen-bond donors (Lipinski definition) is 1. The van der Waals surface area contributed by atoms with Gasteiger partial charge in [-0.2, -0.15) is 0 Å². The molecule has 0 aliphatic carbocycles. The van der Waals surface area contributed by atoms with Gasteiger partial charge < -0.3 is 10.1 Å². The number of hydrogen-bond acceptors (Lipinski definition) is 2. The van der Waals surface area contributed by atoms with Crippen molar-refractivity contribution in [2.45, 2.75) is 26.5 Å². The van der Waals surface area contributed by atoms with Crippen LogP contribution >= 0.6 is 23.2 Å². The zero-order chi connectivity index (χ0) is 14.5. The molecule has 0 saturated heterocycles. The van der Waals surface area contributed by atoms with E-state index in [0.717, 1.165) is 17.0 Å². The van der Waals surface area contributed by atoms with Crippen molar-refractivity contribution in [1.82, 2.24) is 0 Å². The van der Waals surface area contributed by atoms with Crippen LogP contribution < -0.4 is 10.1 Å². The summed E-state index contributed by atoms with van der Waals surface area (Å²) in [5.74, 6) is 0.867. The molecule has 0 spiro atoms. The van der Waals surface area contributed by atoms with Crippen molar-refractivity contribution in [2.24, 2.45) is 0 Å². The van der Waals surface area contributed by atoms with E-state index in [9.17, 15) is 0 Å². The lowest BCUT2D eigenvalue weighted by Gasteiger charge is -2.11. The maximum atomic E-state index is 6.13. The molecular weight excluding hydrogens is 293 g/mol. The zero-order valence-corrected chi connectivity index (χ0v) is 13.0. The van der Waals surface area contributed by atoms with E-state index in [1.165, 1.54) is 0 Å². The fourth-order valence-electron chi connectivity index (χ4n) is 1.80. The second-order valence-corrected chi connectivity index (χ2v) is 5.62. The van der Waals surface area contributed by atoms with Crippen LogP contribution in [-0.4, -0.2) is 6.10 Å². The summed E-state index contributed by atoms with van der Waals surface area (Å²) in [6.07, 6.45) is 0.180. The lowest BCUT2D eigenvalue weighted by atomic mass is 10.2. The first kappa shape index (κ1) is 15.0. The number of rotatable bonds is 5. The lowest BCUT2D eigenvalue weighted by molar-refractivity contribution is 0.242. The second kappa shape index (κ2) is 6.87. The summed E-state index contributed by atoms with van der Waals surface area (Å²) in [6, 6.07) is 13.3. The first-order valence-electron chi connectivity index (χ1n) is 6.49. The van der Waals surface area contributed by atoms with E-state index < -0.39 is 0 Å². The highest BCUT2D eigenvalue weighted by Crippen LogP contribution is 2.22. The van der Waals surface area contributed by atoms with Crippen LogP contribution in [0, 0.1) is 0 Å². The van der Waals surface area contributed by atoms with Crippen LogP contribution in [0.4, 0.5) is 5.69 Å². The van der Waals surface area contributed by atoms with Gasteiger partial charge in [0.2, 0.25) is 0 Å². The van der Waals surface area contributed by atoms with Crippen LogP contribution in [0.1, 0.15) is 19.4 Å². The second-order valence-electron chi connectivity index (χ2n) is 4.78. The van der Waals surface area contributed by atoms with Crippen molar-refractivity contribution in [1.29, 1.82) is 0 Å². The van der Waals surface area contributed by atoms with Crippen molar-refractivity contribution in [3.05, 3.63) is 58.1 Å². The molecule has 0 aliphatic rings. The van der Waals surface area contributed by atoms with Gasteiger partial charge in [-0.05, 0) is 61.9 Å². The Balaban J connectivity index is 1.98.